The molecule has 2 aromatic rings. The van der Waals surface area contributed by atoms with Gasteiger partial charge in [-0.1, -0.05) is 12.1 Å². The molecule has 0 atom stereocenters. The Morgan fingerprint density at radius 2 is 2.00 bits per heavy atom. The van der Waals surface area contributed by atoms with Crippen LogP contribution in [-0.2, 0) is 23.0 Å². The van der Waals surface area contributed by atoms with Crippen LogP contribution >= 0.6 is 0 Å². The predicted molar refractivity (Wildman–Crippen MR) is 95.3 cm³/mol. The van der Waals surface area contributed by atoms with Crippen LogP contribution in [0, 0.1) is 6.92 Å². The van der Waals surface area contributed by atoms with E-state index in [4.69, 9.17) is 5.14 Å². The molecule has 0 aliphatic carbocycles. The van der Waals surface area contributed by atoms with Gasteiger partial charge in [0.15, 0.2) is 0 Å². The lowest BCUT2D eigenvalue weighted by Crippen LogP contribution is -2.29. The van der Waals surface area contributed by atoms with Gasteiger partial charge in [0.25, 0.3) is 0 Å². The smallest absolute Gasteiger partial charge is 0.335 e. The number of carboxylic acids is 1. The fraction of sp³-hybridized carbons (Fsp3) is 0.278. The molecule has 1 heterocycles. The number of nitrogens with zero attached hydrogens (tertiary/aromatic N) is 1. The highest BCUT2D eigenvalue weighted by molar-refractivity contribution is 7.89. The molecule has 0 fully saturated rings. The molecule has 0 spiro atoms. The first-order valence-electron chi connectivity index (χ1n) is 7.99. The number of benzene rings is 2. The number of anilines is 1. The number of fused-ring (bicyclic) bond motifs is 1. The Morgan fingerprint density at radius 1 is 1.24 bits per heavy atom. The number of carboxylic acid groups (broad SMARTS) is 1. The van der Waals surface area contributed by atoms with Crippen LogP contribution < -0.4 is 10.0 Å². The molecule has 0 unspecified atom stereocenters. The maximum absolute atomic E-state index is 11.6. The van der Waals surface area contributed by atoms with Gasteiger partial charge in [-0.05, 0) is 60.7 Å². The summed E-state index contributed by atoms with van der Waals surface area (Å²) in [4.78, 5) is 13.4. The minimum Gasteiger partial charge on any atom is -0.478 e. The van der Waals surface area contributed by atoms with Crippen molar-refractivity contribution in [2.24, 2.45) is 5.14 Å². The zero-order valence-corrected chi connectivity index (χ0v) is 14.7. The van der Waals surface area contributed by atoms with E-state index in [0.29, 0.717) is 6.54 Å². The highest BCUT2D eigenvalue weighted by atomic mass is 32.2. The fourth-order valence-electron chi connectivity index (χ4n) is 3.15. The van der Waals surface area contributed by atoms with Gasteiger partial charge in [0, 0.05) is 18.8 Å². The van der Waals surface area contributed by atoms with Gasteiger partial charge in [-0.15, -0.1) is 0 Å². The van der Waals surface area contributed by atoms with Gasteiger partial charge < -0.3 is 10.0 Å². The Morgan fingerprint density at radius 3 is 2.68 bits per heavy atom. The van der Waals surface area contributed by atoms with Crippen LogP contribution in [0.3, 0.4) is 0 Å². The monoisotopic (exact) mass is 360 g/mol. The van der Waals surface area contributed by atoms with Gasteiger partial charge in [-0.2, -0.15) is 0 Å². The Hall–Kier alpha value is -2.38. The molecular formula is C18H20N2O4S. The van der Waals surface area contributed by atoms with Gasteiger partial charge in [0.2, 0.25) is 10.0 Å². The summed E-state index contributed by atoms with van der Waals surface area (Å²) in [7, 11) is -3.76. The van der Waals surface area contributed by atoms with Crippen molar-refractivity contribution in [3.63, 3.8) is 0 Å². The van der Waals surface area contributed by atoms with Crippen LogP contribution in [0.4, 0.5) is 5.69 Å². The van der Waals surface area contributed by atoms with Gasteiger partial charge >= 0.3 is 5.97 Å². The first kappa shape index (κ1) is 17.4. The van der Waals surface area contributed by atoms with Crippen LogP contribution in [0.15, 0.2) is 41.3 Å². The molecule has 0 bridgehead atoms. The third kappa shape index (κ3) is 3.67. The van der Waals surface area contributed by atoms with E-state index in [-0.39, 0.29) is 10.5 Å². The molecule has 6 nitrogen and oxygen atoms in total. The standard InChI is InChI=1S/C18H20N2O4S/c1-12-4-7-16(25(19,23)24)9-15(12)11-20-8-2-3-13-5-6-14(18(21)22)10-17(13)20/h4-7,9-10H,2-3,8,11H2,1H3,(H,21,22)(H2,19,23,24). The lowest BCUT2D eigenvalue weighted by atomic mass is 9.98. The van der Waals surface area contributed by atoms with Crippen molar-refractivity contribution >= 4 is 21.7 Å². The second kappa shape index (κ2) is 6.50. The van der Waals surface area contributed by atoms with Crippen LogP contribution in [0.1, 0.15) is 33.5 Å². The minimum absolute atomic E-state index is 0.0876. The molecule has 25 heavy (non-hydrogen) atoms. The summed E-state index contributed by atoms with van der Waals surface area (Å²) in [5.74, 6) is -0.958. The Bertz CT molecular complexity index is 938. The largest absolute Gasteiger partial charge is 0.478 e. The van der Waals surface area contributed by atoms with Crippen molar-refractivity contribution in [2.75, 3.05) is 11.4 Å². The first-order chi connectivity index (χ1) is 11.8. The van der Waals surface area contributed by atoms with Crippen molar-refractivity contribution in [2.45, 2.75) is 31.2 Å². The summed E-state index contributed by atoms with van der Waals surface area (Å²) in [6.07, 6.45) is 1.87. The van der Waals surface area contributed by atoms with Crippen molar-refractivity contribution in [1.82, 2.24) is 0 Å². The van der Waals surface area contributed by atoms with Crippen LogP contribution in [0.2, 0.25) is 0 Å². The summed E-state index contributed by atoms with van der Waals surface area (Å²) in [5, 5.41) is 14.5. The first-order valence-corrected chi connectivity index (χ1v) is 9.54. The molecule has 132 valence electrons. The number of carbonyl (C=O) groups is 1. The molecular weight excluding hydrogens is 340 g/mol. The van der Waals surface area contributed by atoms with E-state index in [9.17, 15) is 18.3 Å². The van der Waals surface area contributed by atoms with E-state index in [1.54, 1.807) is 24.3 Å². The molecule has 0 saturated heterocycles. The summed E-state index contributed by atoms with van der Waals surface area (Å²) >= 11 is 0. The van der Waals surface area contributed by atoms with E-state index in [0.717, 1.165) is 41.8 Å². The molecule has 1 aliphatic heterocycles. The van der Waals surface area contributed by atoms with Crippen molar-refractivity contribution in [1.29, 1.82) is 0 Å². The molecule has 7 heteroatoms. The number of nitrogens with two attached hydrogens (primary N) is 1. The molecule has 3 rings (SSSR count). The summed E-state index contributed by atoms with van der Waals surface area (Å²) in [6, 6.07) is 10.0. The van der Waals surface area contributed by atoms with Gasteiger partial charge in [-0.3, -0.25) is 0 Å². The van der Waals surface area contributed by atoms with Crippen LogP contribution in [-0.4, -0.2) is 26.0 Å². The number of hydrogen-bond donors (Lipinski definition) is 2. The van der Waals surface area contributed by atoms with E-state index in [1.165, 1.54) is 6.07 Å². The Labute approximate surface area is 146 Å². The van der Waals surface area contributed by atoms with Crippen molar-refractivity contribution < 1.29 is 18.3 Å². The zero-order valence-electron chi connectivity index (χ0n) is 13.9. The molecule has 3 N–H and O–H groups in total. The lowest BCUT2D eigenvalue weighted by Gasteiger charge is -2.32. The summed E-state index contributed by atoms with van der Waals surface area (Å²) in [6.45, 7) is 3.21. The number of sulfonamides is 1. The third-order valence-corrected chi connectivity index (χ3v) is 5.47. The Kier molecular flexibility index (Phi) is 4.53. The number of aryl methyl sites for hydroxylation is 2. The second-order valence-corrected chi connectivity index (χ2v) is 7.87. The maximum atomic E-state index is 11.6. The molecule has 1 aliphatic rings. The lowest BCUT2D eigenvalue weighted by molar-refractivity contribution is 0.0697. The third-order valence-electron chi connectivity index (χ3n) is 4.56. The molecule has 2 aromatic carbocycles. The van der Waals surface area contributed by atoms with E-state index >= 15 is 0 Å². The number of primary sulfonamides is 1. The molecule has 0 saturated carbocycles. The SMILES string of the molecule is Cc1ccc(S(N)(=O)=O)cc1CN1CCCc2ccc(C(=O)O)cc21. The number of aromatic carboxylic acids is 1. The predicted octanol–water partition coefficient (Wildman–Crippen LogP) is 2.29. The van der Waals surface area contributed by atoms with Gasteiger partial charge in [-0.25, -0.2) is 18.4 Å². The van der Waals surface area contributed by atoms with Gasteiger partial charge in [0.1, 0.15) is 0 Å². The zero-order chi connectivity index (χ0) is 18.2. The fourth-order valence-corrected chi connectivity index (χ4v) is 3.71. The number of rotatable bonds is 4. The minimum atomic E-state index is -3.76. The van der Waals surface area contributed by atoms with Crippen LogP contribution in [0.5, 0.6) is 0 Å². The highest BCUT2D eigenvalue weighted by Crippen LogP contribution is 2.30. The molecule has 0 radical (unpaired) electrons. The normalized spacial score (nSPS) is 14.2. The van der Waals surface area contributed by atoms with E-state index < -0.39 is 16.0 Å². The van der Waals surface area contributed by atoms with Gasteiger partial charge in [0.05, 0.1) is 10.5 Å². The van der Waals surface area contributed by atoms with Crippen molar-refractivity contribution in [3.8, 4) is 0 Å². The number of hydrogen-bond acceptors (Lipinski definition) is 4. The van der Waals surface area contributed by atoms with E-state index in [1.807, 2.05) is 13.0 Å². The highest BCUT2D eigenvalue weighted by Gasteiger charge is 2.20. The van der Waals surface area contributed by atoms with E-state index in [2.05, 4.69) is 4.90 Å². The van der Waals surface area contributed by atoms with Crippen LogP contribution in [0.25, 0.3) is 0 Å². The Balaban J connectivity index is 1.98. The quantitative estimate of drug-likeness (QED) is 0.871. The average molecular weight is 360 g/mol. The summed E-state index contributed by atoms with van der Waals surface area (Å²) in [5.41, 5.74) is 4.08. The molecule has 0 aromatic heterocycles. The maximum Gasteiger partial charge on any atom is 0.335 e. The van der Waals surface area contributed by atoms with Crippen molar-refractivity contribution in [3.05, 3.63) is 58.7 Å². The molecule has 0 amide bonds. The average Bonchev–Trinajstić information content (AvgIpc) is 2.55. The topological polar surface area (TPSA) is 101 Å². The summed E-state index contributed by atoms with van der Waals surface area (Å²) < 4.78 is 23.2. The second-order valence-electron chi connectivity index (χ2n) is 6.31.